The molecule has 0 bridgehead atoms. The molecule has 0 radical (unpaired) electrons. The number of hydrogen-bond donors (Lipinski definition) is 0. The molecule has 0 saturated heterocycles. The van der Waals surface area contributed by atoms with Gasteiger partial charge >= 0.3 is 0 Å². The van der Waals surface area contributed by atoms with Crippen LogP contribution in [0.25, 0.3) is 0 Å². The Bertz CT molecular complexity index is 590. The lowest BCUT2D eigenvalue weighted by atomic mass is 9.96. The lowest BCUT2D eigenvalue weighted by Crippen LogP contribution is -1.96. The fourth-order valence-corrected chi connectivity index (χ4v) is 2.66. The van der Waals surface area contributed by atoms with Gasteiger partial charge in [-0.05, 0) is 47.6 Å². The van der Waals surface area contributed by atoms with Gasteiger partial charge in [-0.15, -0.1) is 0 Å². The van der Waals surface area contributed by atoms with Crippen LogP contribution >= 0.6 is 0 Å². The number of hydrogen-bond acceptors (Lipinski definition) is 2. The van der Waals surface area contributed by atoms with Crippen LogP contribution in [0, 0.1) is 0 Å². The van der Waals surface area contributed by atoms with E-state index in [0.29, 0.717) is 11.8 Å². The minimum Gasteiger partial charge on any atom is -0.497 e. The summed E-state index contributed by atoms with van der Waals surface area (Å²) in [7, 11) is 3.43. The van der Waals surface area contributed by atoms with Crippen molar-refractivity contribution < 1.29 is 9.47 Å². The molecule has 0 saturated carbocycles. The standard InChI is InChI=1S/C12H18O.C10H14O/c1-4-7-10(2)11-8-5-6-9-12(11)13-3;1-8(2)9-5-4-6-10(7-9)11-3/h5-6,8-10H,4,7H2,1-3H3;4-8H,1-3H3. The number of para-hydroxylation sites is 1. The van der Waals surface area contributed by atoms with E-state index in [9.17, 15) is 0 Å². The van der Waals surface area contributed by atoms with Crippen molar-refractivity contribution in [1.29, 1.82) is 0 Å². The van der Waals surface area contributed by atoms with Crippen molar-refractivity contribution in [3.05, 3.63) is 59.7 Å². The van der Waals surface area contributed by atoms with Crippen LogP contribution in [0.4, 0.5) is 0 Å². The second kappa shape index (κ2) is 10.7. The molecule has 0 aliphatic heterocycles. The average Bonchev–Trinajstić information content (AvgIpc) is 2.62. The summed E-state index contributed by atoms with van der Waals surface area (Å²) in [6.07, 6.45) is 2.44. The van der Waals surface area contributed by atoms with E-state index in [1.54, 1.807) is 14.2 Å². The Hall–Kier alpha value is -1.96. The second-order valence-electron chi connectivity index (χ2n) is 6.36. The molecule has 2 aromatic carbocycles. The molecule has 1 atom stereocenters. The number of ether oxygens (including phenoxy) is 2. The maximum Gasteiger partial charge on any atom is 0.122 e. The summed E-state index contributed by atoms with van der Waals surface area (Å²) in [4.78, 5) is 0. The minimum atomic E-state index is 0.574. The van der Waals surface area contributed by atoms with E-state index in [1.165, 1.54) is 24.0 Å². The van der Waals surface area contributed by atoms with Crippen LogP contribution in [-0.2, 0) is 0 Å². The molecular formula is C22H32O2. The third-order valence-electron chi connectivity index (χ3n) is 4.15. The van der Waals surface area contributed by atoms with Gasteiger partial charge in [0, 0.05) is 0 Å². The fraction of sp³-hybridized carbons (Fsp3) is 0.455. The summed E-state index contributed by atoms with van der Waals surface area (Å²) >= 11 is 0. The van der Waals surface area contributed by atoms with E-state index >= 15 is 0 Å². The van der Waals surface area contributed by atoms with Crippen molar-refractivity contribution >= 4 is 0 Å². The Morgan fingerprint density at radius 1 is 0.875 bits per heavy atom. The van der Waals surface area contributed by atoms with Crippen molar-refractivity contribution in [3.63, 3.8) is 0 Å². The van der Waals surface area contributed by atoms with Gasteiger partial charge in [0.1, 0.15) is 11.5 Å². The van der Waals surface area contributed by atoms with E-state index in [-0.39, 0.29) is 0 Å². The summed E-state index contributed by atoms with van der Waals surface area (Å²) in [5.74, 6) is 3.13. The van der Waals surface area contributed by atoms with Gasteiger partial charge in [-0.2, -0.15) is 0 Å². The van der Waals surface area contributed by atoms with Crippen LogP contribution in [0.5, 0.6) is 11.5 Å². The van der Waals surface area contributed by atoms with Crippen LogP contribution < -0.4 is 9.47 Å². The Balaban J connectivity index is 0.000000243. The molecule has 0 aromatic heterocycles. The van der Waals surface area contributed by atoms with Crippen LogP contribution in [0.1, 0.15) is 63.5 Å². The summed E-state index contributed by atoms with van der Waals surface area (Å²) < 4.78 is 10.4. The molecule has 0 amide bonds. The number of rotatable bonds is 6. The molecule has 2 heteroatoms. The summed E-state index contributed by atoms with van der Waals surface area (Å²) in [5, 5.41) is 0. The maximum absolute atomic E-state index is 5.31. The van der Waals surface area contributed by atoms with Gasteiger partial charge in [-0.3, -0.25) is 0 Å². The molecule has 0 aliphatic rings. The first-order valence-electron chi connectivity index (χ1n) is 8.80. The van der Waals surface area contributed by atoms with Crippen molar-refractivity contribution in [3.8, 4) is 11.5 Å². The lowest BCUT2D eigenvalue weighted by Gasteiger charge is -2.14. The fourth-order valence-electron chi connectivity index (χ4n) is 2.66. The van der Waals surface area contributed by atoms with Crippen molar-refractivity contribution in [2.75, 3.05) is 14.2 Å². The summed E-state index contributed by atoms with van der Waals surface area (Å²) in [5.41, 5.74) is 2.65. The van der Waals surface area contributed by atoms with Gasteiger partial charge in [0.15, 0.2) is 0 Å². The van der Waals surface area contributed by atoms with Gasteiger partial charge in [-0.25, -0.2) is 0 Å². The molecule has 0 heterocycles. The van der Waals surface area contributed by atoms with Gasteiger partial charge in [0.2, 0.25) is 0 Å². The Morgan fingerprint density at radius 2 is 1.58 bits per heavy atom. The zero-order valence-electron chi connectivity index (χ0n) is 16.0. The van der Waals surface area contributed by atoms with E-state index in [0.717, 1.165) is 11.5 Å². The molecular weight excluding hydrogens is 296 g/mol. The SMILES string of the molecule is CCCC(C)c1ccccc1OC.COc1cccc(C(C)C)c1. The van der Waals surface area contributed by atoms with Crippen LogP contribution in [0.2, 0.25) is 0 Å². The maximum atomic E-state index is 5.31. The minimum absolute atomic E-state index is 0.574. The number of benzene rings is 2. The van der Waals surface area contributed by atoms with Gasteiger partial charge in [0.05, 0.1) is 14.2 Å². The Morgan fingerprint density at radius 3 is 2.17 bits per heavy atom. The van der Waals surface area contributed by atoms with Crippen molar-refractivity contribution in [2.45, 2.75) is 52.4 Å². The third-order valence-corrected chi connectivity index (χ3v) is 4.15. The number of methoxy groups -OCH3 is 2. The first-order valence-corrected chi connectivity index (χ1v) is 8.80. The predicted molar refractivity (Wildman–Crippen MR) is 103 cm³/mol. The molecule has 0 spiro atoms. The highest BCUT2D eigenvalue weighted by Gasteiger charge is 2.08. The van der Waals surface area contributed by atoms with E-state index < -0.39 is 0 Å². The smallest absolute Gasteiger partial charge is 0.122 e. The first-order chi connectivity index (χ1) is 11.5. The molecule has 132 valence electrons. The molecule has 0 N–H and O–H groups in total. The average molecular weight is 328 g/mol. The Kier molecular flexibility index (Phi) is 8.99. The highest BCUT2D eigenvalue weighted by atomic mass is 16.5. The topological polar surface area (TPSA) is 18.5 Å². The third kappa shape index (κ3) is 6.27. The van der Waals surface area contributed by atoms with Gasteiger partial charge in [0.25, 0.3) is 0 Å². The van der Waals surface area contributed by atoms with Crippen LogP contribution in [-0.4, -0.2) is 14.2 Å². The second-order valence-corrected chi connectivity index (χ2v) is 6.36. The molecule has 0 fully saturated rings. The molecule has 1 unspecified atom stereocenters. The highest BCUT2D eigenvalue weighted by molar-refractivity contribution is 5.35. The monoisotopic (exact) mass is 328 g/mol. The normalized spacial score (nSPS) is 11.5. The predicted octanol–water partition coefficient (Wildman–Crippen LogP) is 6.42. The zero-order valence-corrected chi connectivity index (χ0v) is 16.0. The largest absolute Gasteiger partial charge is 0.497 e. The van der Waals surface area contributed by atoms with Gasteiger partial charge < -0.3 is 9.47 Å². The molecule has 0 aliphatic carbocycles. The summed E-state index contributed by atoms with van der Waals surface area (Å²) in [6, 6.07) is 16.4. The summed E-state index contributed by atoms with van der Waals surface area (Å²) in [6.45, 7) is 8.82. The molecule has 2 rings (SSSR count). The molecule has 2 nitrogen and oxygen atoms in total. The van der Waals surface area contributed by atoms with Crippen molar-refractivity contribution in [2.24, 2.45) is 0 Å². The molecule has 24 heavy (non-hydrogen) atoms. The van der Waals surface area contributed by atoms with Crippen LogP contribution in [0.15, 0.2) is 48.5 Å². The highest BCUT2D eigenvalue weighted by Crippen LogP contribution is 2.28. The Labute approximate surface area is 147 Å². The van der Waals surface area contributed by atoms with E-state index in [2.05, 4.69) is 52.0 Å². The quantitative estimate of drug-likeness (QED) is 0.609. The van der Waals surface area contributed by atoms with Gasteiger partial charge in [-0.1, -0.05) is 64.4 Å². The first kappa shape index (κ1) is 20.1. The van der Waals surface area contributed by atoms with Crippen LogP contribution in [0.3, 0.4) is 0 Å². The van der Waals surface area contributed by atoms with E-state index in [4.69, 9.17) is 9.47 Å². The lowest BCUT2D eigenvalue weighted by molar-refractivity contribution is 0.405. The van der Waals surface area contributed by atoms with E-state index in [1.807, 2.05) is 24.3 Å². The van der Waals surface area contributed by atoms with Crippen molar-refractivity contribution in [1.82, 2.24) is 0 Å². The molecule has 2 aromatic rings. The zero-order chi connectivity index (χ0) is 17.9.